The Balaban J connectivity index is 2.22. The normalized spacial score (nSPS) is 16.0. The lowest BCUT2D eigenvalue weighted by atomic mass is 9.98. The number of imide groups is 1. The number of carbonyl (C=O) groups excluding carboxylic acids is 3. The second-order valence-electron chi connectivity index (χ2n) is 5.76. The maximum atomic E-state index is 12.5. The molecule has 2 amide bonds. The fraction of sp³-hybridized carbons (Fsp3) is 0.471. The predicted octanol–water partition coefficient (Wildman–Crippen LogP) is 2.72. The van der Waals surface area contributed by atoms with E-state index >= 15 is 0 Å². The Kier molecular flexibility index (Phi) is 4.56. The third-order valence-electron chi connectivity index (χ3n) is 4.08. The summed E-state index contributed by atoms with van der Waals surface area (Å²) in [6.45, 7) is 5.69. The number of amides is 2. The topological polar surface area (TPSA) is 54.5 Å². The summed E-state index contributed by atoms with van der Waals surface area (Å²) >= 11 is 0. The zero-order valence-electron chi connectivity index (χ0n) is 12.9. The summed E-state index contributed by atoms with van der Waals surface area (Å²) in [5.41, 5.74) is 3.66. The van der Waals surface area contributed by atoms with Crippen molar-refractivity contribution in [2.75, 3.05) is 6.54 Å². The second-order valence-corrected chi connectivity index (χ2v) is 5.76. The Morgan fingerprint density at radius 3 is 2.05 bits per heavy atom. The molecule has 1 aliphatic heterocycles. The molecule has 0 atom stereocenters. The van der Waals surface area contributed by atoms with Gasteiger partial charge in [0.1, 0.15) is 0 Å². The largest absolute Gasteiger partial charge is 0.292 e. The number of hydrogen-bond donors (Lipinski definition) is 0. The van der Waals surface area contributed by atoms with Crippen molar-refractivity contribution in [2.24, 2.45) is 0 Å². The number of nitrogens with zero attached hydrogens (tertiary/aromatic N) is 1. The quantitative estimate of drug-likeness (QED) is 0.634. The third-order valence-corrected chi connectivity index (χ3v) is 4.08. The molecule has 1 saturated heterocycles. The Labute approximate surface area is 125 Å². The Hall–Kier alpha value is -1.97. The number of rotatable bonds is 3. The van der Waals surface area contributed by atoms with Gasteiger partial charge in [0, 0.05) is 18.4 Å². The van der Waals surface area contributed by atoms with Gasteiger partial charge in [-0.05, 0) is 56.4 Å². The van der Waals surface area contributed by atoms with Gasteiger partial charge in [-0.15, -0.1) is 0 Å². The number of hydrogen-bond acceptors (Lipinski definition) is 3. The zero-order chi connectivity index (χ0) is 15.6. The van der Waals surface area contributed by atoms with Crippen molar-refractivity contribution >= 4 is 17.6 Å². The molecule has 1 aliphatic rings. The van der Waals surface area contributed by atoms with Crippen LogP contribution >= 0.6 is 0 Å². The van der Waals surface area contributed by atoms with Crippen molar-refractivity contribution in [1.82, 2.24) is 4.90 Å². The van der Waals surface area contributed by atoms with E-state index in [0.29, 0.717) is 18.4 Å². The maximum Gasteiger partial charge on any atom is 0.229 e. The van der Waals surface area contributed by atoms with E-state index in [1.54, 1.807) is 0 Å². The summed E-state index contributed by atoms with van der Waals surface area (Å²) in [5, 5.41) is 0. The molecule has 112 valence electrons. The number of aryl methyl sites for hydroxylation is 3. The molecule has 2 rings (SSSR count). The van der Waals surface area contributed by atoms with Gasteiger partial charge in [0.05, 0.1) is 6.54 Å². The van der Waals surface area contributed by atoms with E-state index in [1.165, 1.54) is 0 Å². The Morgan fingerprint density at radius 1 is 0.952 bits per heavy atom. The first-order valence-electron chi connectivity index (χ1n) is 7.34. The SMILES string of the molecule is Cc1cc(C)c(C(=O)CN2C(=O)CCCCC2=O)cc1C. The van der Waals surface area contributed by atoms with Crippen LogP contribution in [0.3, 0.4) is 0 Å². The number of benzene rings is 1. The molecule has 4 nitrogen and oxygen atoms in total. The van der Waals surface area contributed by atoms with Crippen LogP contribution in [0.1, 0.15) is 52.7 Å². The highest BCUT2D eigenvalue weighted by molar-refractivity contribution is 6.05. The molecule has 0 saturated carbocycles. The van der Waals surface area contributed by atoms with Crippen molar-refractivity contribution in [1.29, 1.82) is 0 Å². The fourth-order valence-corrected chi connectivity index (χ4v) is 2.63. The minimum atomic E-state index is -0.229. The molecular formula is C17H21NO3. The highest BCUT2D eigenvalue weighted by Gasteiger charge is 2.26. The van der Waals surface area contributed by atoms with Crippen LogP contribution in [0, 0.1) is 20.8 Å². The van der Waals surface area contributed by atoms with E-state index < -0.39 is 0 Å². The van der Waals surface area contributed by atoms with Gasteiger partial charge < -0.3 is 0 Å². The molecule has 0 spiro atoms. The number of carbonyl (C=O) groups is 3. The van der Waals surface area contributed by atoms with Crippen LogP contribution in [0.25, 0.3) is 0 Å². The molecule has 1 heterocycles. The minimum absolute atomic E-state index is 0.138. The molecule has 0 unspecified atom stereocenters. The van der Waals surface area contributed by atoms with Crippen LogP contribution in [-0.4, -0.2) is 29.0 Å². The van der Waals surface area contributed by atoms with Gasteiger partial charge in [-0.3, -0.25) is 19.3 Å². The van der Waals surface area contributed by atoms with Crippen LogP contribution in [0.4, 0.5) is 0 Å². The molecule has 0 aromatic heterocycles. The summed E-state index contributed by atoms with van der Waals surface area (Å²) in [6, 6.07) is 3.81. The van der Waals surface area contributed by atoms with E-state index in [0.717, 1.165) is 34.4 Å². The van der Waals surface area contributed by atoms with Crippen LogP contribution in [0.2, 0.25) is 0 Å². The van der Waals surface area contributed by atoms with E-state index in [4.69, 9.17) is 0 Å². The molecule has 1 aromatic rings. The zero-order valence-corrected chi connectivity index (χ0v) is 12.9. The third kappa shape index (κ3) is 3.38. The predicted molar refractivity (Wildman–Crippen MR) is 80.2 cm³/mol. The standard InChI is InChI=1S/C17H21NO3/c1-11-8-13(3)14(9-12(11)2)15(19)10-18-16(20)6-4-5-7-17(18)21/h8-9H,4-7,10H2,1-3H3. The Morgan fingerprint density at radius 2 is 1.48 bits per heavy atom. The lowest BCUT2D eigenvalue weighted by molar-refractivity contribution is -0.143. The summed E-state index contributed by atoms with van der Waals surface area (Å²) in [6.07, 6.45) is 2.14. The molecule has 0 aliphatic carbocycles. The summed E-state index contributed by atoms with van der Waals surface area (Å²) in [7, 11) is 0. The lowest BCUT2D eigenvalue weighted by Crippen LogP contribution is -2.39. The second kappa shape index (κ2) is 6.20. The lowest BCUT2D eigenvalue weighted by Gasteiger charge is -2.18. The monoisotopic (exact) mass is 287 g/mol. The molecular weight excluding hydrogens is 266 g/mol. The molecule has 1 aromatic carbocycles. The molecule has 0 radical (unpaired) electrons. The number of likely N-dealkylation sites (tertiary alicyclic amines) is 1. The van der Waals surface area contributed by atoms with Gasteiger partial charge in [0.15, 0.2) is 5.78 Å². The molecule has 4 heteroatoms. The summed E-state index contributed by atoms with van der Waals surface area (Å²) in [4.78, 5) is 37.5. The van der Waals surface area contributed by atoms with E-state index in [9.17, 15) is 14.4 Å². The number of Topliss-reactive ketones (excluding diaryl/α,β-unsaturated/α-hetero) is 1. The van der Waals surface area contributed by atoms with E-state index in [-0.39, 0.29) is 24.1 Å². The van der Waals surface area contributed by atoms with Crippen LogP contribution in [-0.2, 0) is 9.59 Å². The molecule has 0 bridgehead atoms. The van der Waals surface area contributed by atoms with Crippen molar-refractivity contribution < 1.29 is 14.4 Å². The van der Waals surface area contributed by atoms with Crippen molar-refractivity contribution in [2.45, 2.75) is 46.5 Å². The van der Waals surface area contributed by atoms with Gasteiger partial charge in [-0.25, -0.2) is 0 Å². The van der Waals surface area contributed by atoms with Crippen LogP contribution < -0.4 is 0 Å². The van der Waals surface area contributed by atoms with E-state index in [2.05, 4.69) is 0 Å². The van der Waals surface area contributed by atoms with Gasteiger partial charge in [-0.1, -0.05) is 6.07 Å². The first-order chi connectivity index (χ1) is 9.90. The fourth-order valence-electron chi connectivity index (χ4n) is 2.63. The van der Waals surface area contributed by atoms with Crippen LogP contribution in [0.15, 0.2) is 12.1 Å². The van der Waals surface area contributed by atoms with Crippen LogP contribution in [0.5, 0.6) is 0 Å². The molecule has 0 N–H and O–H groups in total. The maximum absolute atomic E-state index is 12.5. The average molecular weight is 287 g/mol. The average Bonchev–Trinajstić information content (AvgIpc) is 2.58. The van der Waals surface area contributed by atoms with Crippen molar-refractivity contribution in [3.05, 3.63) is 34.4 Å². The minimum Gasteiger partial charge on any atom is -0.292 e. The smallest absolute Gasteiger partial charge is 0.229 e. The van der Waals surface area contributed by atoms with Gasteiger partial charge in [0.25, 0.3) is 0 Å². The van der Waals surface area contributed by atoms with Gasteiger partial charge >= 0.3 is 0 Å². The first-order valence-corrected chi connectivity index (χ1v) is 7.34. The first kappa shape index (κ1) is 15.4. The summed E-state index contributed by atoms with van der Waals surface area (Å²) in [5.74, 6) is -0.626. The van der Waals surface area contributed by atoms with Crippen molar-refractivity contribution in [3.8, 4) is 0 Å². The van der Waals surface area contributed by atoms with Gasteiger partial charge in [-0.2, -0.15) is 0 Å². The highest BCUT2D eigenvalue weighted by Crippen LogP contribution is 2.18. The number of ketones is 1. The van der Waals surface area contributed by atoms with Crippen molar-refractivity contribution in [3.63, 3.8) is 0 Å². The highest BCUT2D eigenvalue weighted by atomic mass is 16.2. The summed E-state index contributed by atoms with van der Waals surface area (Å²) < 4.78 is 0. The molecule has 21 heavy (non-hydrogen) atoms. The Bertz CT molecular complexity index is 586. The van der Waals surface area contributed by atoms with E-state index in [1.807, 2.05) is 32.9 Å². The molecule has 1 fully saturated rings. The van der Waals surface area contributed by atoms with Gasteiger partial charge in [0.2, 0.25) is 11.8 Å².